The summed E-state index contributed by atoms with van der Waals surface area (Å²) < 4.78 is 16.6. The van der Waals surface area contributed by atoms with Crippen LogP contribution in [0.15, 0.2) is 59.5 Å². The molecule has 0 N–H and O–H groups in total. The highest BCUT2D eigenvalue weighted by Crippen LogP contribution is 2.14. The fraction of sp³-hybridized carbons (Fsp3) is 0.167. The summed E-state index contributed by atoms with van der Waals surface area (Å²) in [5.41, 5.74) is 1.63. The van der Waals surface area contributed by atoms with Crippen molar-refractivity contribution in [3.8, 4) is 0 Å². The lowest BCUT2D eigenvalue weighted by atomic mass is 10.2. The number of benzene rings is 1. The maximum Gasteiger partial charge on any atom is 0.341 e. The van der Waals surface area contributed by atoms with Crippen LogP contribution in [0.1, 0.15) is 32.0 Å². The summed E-state index contributed by atoms with van der Waals surface area (Å²) in [4.78, 5) is 23.7. The molecule has 0 aliphatic heterocycles. The average molecular weight is 340 g/mol. The Morgan fingerprint density at radius 1 is 1.16 bits per heavy atom. The minimum absolute atomic E-state index is 0.167. The van der Waals surface area contributed by atoms with Gasteiger partial charge in [-0.3, -0.25) is 4.68 Å². The van der Waals surface area contributed by atoms with E-state index in [0.717, 1.165) is 5.56 Å². The van der Waals surface area contributed by atoms with Crippen LogP contribution in [0, 0.1) is 0 Å². The molecule has 3 aromatic rings. The van der Waals surface area contributed by atoms with E-state index >= 15 is 0 Å². The molecule has 3 rings (SSSR count). The number of carbonyl (C=O) groups excluding carboxylic acids is 2. The highest BCUT2D eigenvalue weighted by atomic mass is 16.5. The molecule has 2 aromatic heterocycles. The van der Waals surface area contributed by atoms with E-state index in [1.165, 1.54) is 25.6 Å². The first kappa shape index (κ1) is 16.5. The monoisotopic (exact) mass is 340 g/mol. The normalized spacial score (nSPS) is 10.4. The third kappa shape index (κ3) is 3.95. The second kappa shape index (κ2) is 7.48. The maximum absolute atomic E-state index is 12.1. The number of esters is 2. The minimum Gasteiger partial charge on any atom is -0.465 e. The van der Waals surface area contributed by atoms with Crippen molar-refractivity contribution in [2.45, 2.75) is 13.2 Å². The second-order valence-electron chi connectivity index (χ2n) is 5.24. The van der Waals surface area contributed by atoms with Crippen LogP contribution in [0.3, 0.4) is 0 Å². The first-order valence-electron chi connectivity index (χ1n) is 7.55. The van der Waals surface area contributed by atoms with Gasteiger partial charge in [0.25, 0.3) is 0 Å². The van der Waals surface area contributed by atoms with Crippen LogP contribution in [0.25, 0.3) is 0 Å². The summed E-state index contributed by atoms with van der Waals surface area (Å²) in [6, 6.07) is 11.2. The van der Waals surface area contributed by atoms with Gasteiger partial charge >= 0.3 is 11.9 Å². The van der Waals surface area contributed by atoms with Gasteiger partial charge < -0.3 is 13.9 Å². The lowest BCUT2D eigenvalue weighted by Gasteiger charge is -2.03. The lowest BCUT2D eigenvalue weighted by Crippen LogP contribution is -2.08. The summed E-state index contributed by atoms with van der Waals surface area (Å²) in [6.07, 6.45) is 4.39. The molecule has 0 spiro atoms. The van der Waals surface area contributed by atoms with Gasteiger partial charge in [0, 0.05) is 6.20 Å². The number of nitrogens with zero attached hydrogens (tertiary/aromatic N) is 2. The topological polar surface area (TPSA) is 83.6 Å². The van der Waals surface area contributed by atoms with Crippen molar-refractivity contribution in [2.75, 3.05) is 7.11 Å². The van der Waals surface area contributed by atoms with Crippen molar-refractivity contribution in [1.82, 2.24) is 9.78 Å². The summed E-state index contributed by atoms with van der Waals surface area (Å²) in [6.45, 7) is 0.388. The number of furan rings is 1. The second-order valence-corrected chi connectivity index (χ2v) is 5.24. The molecule has 0 saturated heterocycles. The lowest BCUT2D eigenvalue weighted by molar-refractivity contribution is 0.0432. The largest absolute Gasteiger partial charge is 0.465 e. The number of rotatable bonds is 6. The fourth-order valence-corrected chi connectivity index (χ4v) is 2.28. The molecule has 128 valence electrons. The Morgan fingerprint density at radius 2 is 1.96 bits per heavy atom. The Kier molecular flexibility index (Phi) is 4.94. The molecule has 0 aliphatic rings. The van der Waals surface area contributed by atoms with Gasteiger partial charge in [0.2, 0.25) is 0 Å². The zero-order valence-electron chi connectivity index (χ0n) is 13.5. The van der Waals surface area contributed by atoms with E-state index in [2.05, 4.69) is 9.84 Å². The number of hydrogen-bond acceptors (Lipinski definition) is 6. The van der Waals surface area contributed by atoms with Gasteiger partial charge in [0.05, 0.1) is 31.7 Å². The van der Waals surface area contributed by atoms with Crippen molar-refractivity contribution in [3.05, 3.63) is 77.5 Å². The van der Waals surface area contributed by atoms with Gasteiger partial charge in [-0.1, -0.05) is 30.3 Å². The molecular weight excluding hydrogens is 324 g/mol. The predicted molar refractivity (Wildman–Crippen MR) is 86.9 cm³/mol. The van der Waals surface area contributed by atoms with Crippen LogP contribution in [-0.2, 0) is 22.6 Å². The third-order valence-corrected chi connectivity index (χ3v) is 3.54. The van der Waals surface area contributed by atoms with Gasteiger partial charge in [-0.2, -0.15) is 5.10 Å². The molecular formula is C18H16N2O5. The van der Waals surface area contributed by atoms with Crippen molar-refractivity contribution >= 4 is 11.9 Å². The Balaban J connectivity index is 1.61. The fourth-order valence-electron chi connectivity index (χ4n) is 2.28. The van der Waals surface area contributed by atoms with E-state index < -0.39 is 11.9 Å². The van der Waals surface area contributed by atoms with Crippen molar-refractivity contribution in [3.63, 3.8) is 0 Å². The molecule has 7 nitrogen and oxygen atoms in total. The zero-order chi connectivity index (χ0) is 17.6. The molecule has 0 fully saturated rings. The SMILES string of the molecule is COC(=O)c1ccoc1COC(=O)c1cnn(Cc2ccccc2)c1. The van der Waals surface area contributed by atoms with Gasteiger partial charge in [-0.25, -0.2) is 9.59 Å². The van der Waals surface area contributed by atoms with E-state index in [1.807, 2.05) is 30.3 Å². The molecule has 0 radical (unpaired) electrons. The Morgan fingerprint density at radius 3 is 2.72 bits per heavy atom. The van der Waals surface area contributed by atoms with Crippen LogP contribution in [0.4, 0.5) is 0 Å². The third-order valence-electron chi connectivity index (χ3n) is 3.54. The Bertz CT molecular complexity index is 866. The van der Waals surface area contributed by atoms with Gasteiger partial charge in [-0.15, -0.1) is 0 Å². The molecule has 1 aromatic carbocycles. The highest BCUT2D eigenvalue weighted by molar-refractivity contribution is 5.91. The minimum atomic E-state index is -0.550. The molecule has 7 heteroatoms. The molecule has 0 amide bonds. The van der Waals surface area contributed by atoms with Crippen molar-refractivity contribution in [2.24, 2.45) is 0 Å². The van der Waals surface area contributed by atoms with E-state index in [4.69, 9.17) is 9.15 Å². The number of hydrogen-bond donors (Lipinski definition) is 0. The van der Waals surface area contributed by atoms with Crippen molar-refractivity contribution in [1.29, 1.82) is 0 Å². The molecule has 25 heavy (non-hydrogen) atoms. The number of aromatic nitrogens is 2. The molecule has 0 aliphatic carbocycles. The quantitative estimate of drug-likeness (QED) is 0.642. The first-order valence-corrected chi connectivity index (χ1v) is 7.55. The maximum atomic E-state index is 12.1. The molecule has 0 saturated carbocycles. The molecule has 2 heterocycles. The van der Waals surface area contributed by atoms with Gasteiger partial charge in [0.1, 0.15) is 5.56 Å². The smallest absolute Gasteiger partial charge is 0.341 e. The van der Waals surface area contributed by atoms with Crippen LogP contribution < -0.4 is 0 Å². The van der Waals surface area contributed by atoms with Gasteiger partial charge in [-0.05, 0) is 11.6 Å². The molecule has 0 bridgehead atoms. The summed E-state index contributed by atoms with van der Waals surface area (Å²) >= 11 is 0. The predicted octanol–water partition coefficient (Wildman–Crippen LogP) is 2.67. The summed E-state index contributed by atoms with van der Waals surface area (Å²) in [5.74, 6) is -0.862. The van der Waals surface area contributed by atoms with Crippen LogP contribution in [-0.4, -0.2) is 28.8 Å². The Labute approximate surface area is 143 Å². The van der Waals surface area contributed by atoms with Crippen LogP contribution in [0.2, 0.25) is 0 Å². The Hall–Kier alpha value is -3.35. The van der Waals surface area contributed by atoms with Crippen LogP contribution >= 0.6 is 0 Å². The average Bonchev–Trinajstić information content (AvgIpc) is 3.29. The van der Waals surface area contributed by atoms with Crippen LogP contribution in [0.5, 0.6) is 0 Å². The number of ether oxygens (including phenoxy) is 2. The van der Waals surface area contributed by atoms with E-state index in [1.54, 1.807) is 10.9 Å². The molecule has 0 atom stereocenters. The highest BCUT2D eigenvalue weighted by Gasteiger charge is 2.18. The molecule has 0 unspecified atom stereocenters. The number of carbonyl (C=O) groups is 2. The summed E-state index contributed by atoms with van der Waals surface area (Å²) in [5, 5.41) is 4.15. The summed E-state index contributed by atoms with van der Waals surface area (Å²) in [7, 11) is 1.27. The first-order chi connectivity index (χ1) is 12.2. The zero-order valence-corrected chi connectivity index (χ0v) is 13.5. The van der Waals surface area contributed by atoms with E-state index in [-0.39, 0.29) is 17.9 Å². The standard InChI is InChI=1S/C18H16N2O5/c1-23-18(22)15-7-8-24-16(15)12-25-17(21)14-9-19-20(11-14)10-13-5-3-2-4-6-13/h2-9,11H,10,12H2,1H3. The van der Waals surface area contributed by atoms with E-state index in [9.17, 15) is 9.59 Å². The van der Waals surface area contributed by atoms with Gasteiger partial charge in [0.15, 0.2) is 12.4 Å². The van der Waals surface area contributed by atoms with Crippen molar-refractivity contribution < 1.29 is 23.5 Å². The number of methoxy groups -OCH3 is 1. The van der Waals surface area contributed by atoms with E-state index in [0.29, 0.717) is 12.1 Å².